The molecule has 0 bridgehead atoms. The Kier molecular flexibility index (Phi) is 7.05. The number of hydrogen-bond donors (Lipinski definition) is 0. The van der Waals surface area contributed by atoms with Crippen molar-refractivity contribution in [3.63, 3.8) is 0 Å². The summed E-state index contributed by atoms with van der Waals surface area (Å²) in [7, 11) is 0. The summed E-state index contributed by atoms with van der Waals surface area (Å²) in [5.74, 6) is 0.864. The lowest BCUT2D eigenvalue weighted by Crippen LogP contribution is -2.02. The molecule has 0 heterocycles. The fourth-order valence-electron chi connectivity index (χ4n) is 3.75. The van der Waals surface area contributed by atoms with Gasteiger partial charge >= 0.3 is 0 Å². The number of benzene rings is 4. The van der Waals surface area contributed by atoms with Gasteiger partial charge in [0.15, 0.2) is 11.5 Å². The number of nitriles is 1. The molecule has 0 aromatic heterocycles. The second-order valence-corrected chi connectivity index (χ2v) is 7.93. The van der Waals surface area contributed by atoms with Gasteiger partial charge in [-0.2, -0.15) is 5.26 Å². The second kappa shape index (κ2) is 10.5. The van der Waals surface area contributed by atoms with Gasteiger partial charge in [-0.25, -0.2) is 0 Å². The highest BCUT2D eigenvalue weighted by molar-refractivity contribution is 6.14. The van der Waals surface area contributed by atoms with Crippen molar-refractivity contribution in [3.05, 3.63) is 113 Å². The van der Waals surface area contributed by atoms with Crippen molar-refractivity contribution in [1.82, 2.24) is 0 Å². The Morgan fingerprint density at radius 1 is 0.912 bits per heavy atom. The fourth-order valence-corrected chi connectivity index (χ4v) is 3.75. The molecule has 0 spiro atoms. The summed E-state index contributed by atoms with van der Waals surface area (Å²) in [6.07, 6.45) is 1.58. The first-order chi connectivity index (χ1) is 16.6. The van der Waals surface area contributed by atoms with Gasteiger partial charge in [-0.1, -0.05) is 78.4 Å². The van der Waals surface area contributed by atoms with Crippen LogP contribution in [0.2, 0.25) is 0 Å². The predicted octanol–water partition coefficient (Wildman–Crippen LogP) is 6.92. The first kappa shape index (κ1) is 22.8. The summed E-state index contributed by atoms with van der Waals surface area (Å²) < 4.78 is 11.9. The van der Waals surface area contributed by atoms with Crippen molar-refractivity contribution in [2.24, 2.45) is 0 Å². The number of Topliss-reactive ketones (excluding diaryl/α,β-unsaturated/α-hetero) is 1. The zero-order valence-electron chi connectivity index (χ0n) is 19.2. The lowest BCUT2D eigenvalue weighted by atomic mass is 10.0. The van der Waals surface area contributed by atoms with Crippen LogP contribution >= 0.6 is 0 Å². The number of rotatable bonds is 8. The fraction of sp³-hybridized carbons (Fsp3) is 0.133. The minimum atomic E-state index is -0.309. The Balaban J connectivity index is 1.58. The molecule has 0 saturated heterocycles. The largest absolute Gasteiger partial charge is 0.490 e. The molecule has 0 fully saturated rings. The molecule has 0 saturated carbocycles. The number of carbonyl (C=O) groups excluding carboxylic acids is 1. The molecule has 4 aromatic rings. The zero-order chi connectivity index (χ0) is 23.9. The van der Waals surface area contributed by atoms with Gasteiger partial charge < -0.3 is 9.47 Å². The number of nitrogens with zero attached hydrogens (tertiary/aromatic N) is 1. The number of ether oxygens (including phenoxy) is 2. The predicted molar refractivity (Wildman–Crippen MR) is 135 cm³/mol. The quantitative estimate of drug-likeness (QED) is 0.167. The summed E-state index contributed by atoms with van der Waals surface area (Å²) >= 11 is 0. The van der Waals surface area contributed by atoms with E-state index in [0.29, 0.717) is 35.8 Å². The smallest absolute Gasteiger partial charge is 0.203 e. The normalized spacial score (nSPS) is 11.1. The molecule has 4 aromatic carbocycles. The molecule has 0 radical (unpaired) electrons. The average Bonchev–Trinajstić information content (AvgIpc) is 2.87. The Morgan fingerprint density at radius 3 is 2.44 bits per heavy atom. The Morgan fingerprint density at radius 2 is 1.68 bits per heavy atom. The molecule has 0 amide bonds. The van der Waals surface area contributed by atoms with Crippen LogP contribution in [0.4, 0.5) is 0 Å². The van der Waals surface area contributed by atoms with Crippen molar-refractivity contribution in [2.45, 2.75) is 20.5 Å². The van der Waals surface area contributed by atoms with Crippen LogP contribution in [0.5, 0.6) is 11.5 Å². The molecule has 0 atom stereocenters. The van der Waals surface area contributed by atoms with Crippen LogP contribution in [0.25, 0.3) is 16.8 Å². The second-order valence-electron chi connectivity index (χ2n) is 7.93. The van der Waals surface area contributed by atoms with Gasteiger partial charge in [-0.15, -0.1) is 0 Å². The molecular formula is C30H25NO3. The summed E-state index contributed by atoms with van der Waals surface area (Å²) in [5, 5.41) is 11.9. The third-order valence-electron chi connectivity index (χ3n) is 5.52. The molecule has 34 heavy (non-hydrogen) atoms. The number of fused-ring (bicyclic) bond motifs is 1. The van der Waals surface area contributed by atoms with Crippen molar-refractivity contribution < 1.29 is 14.3 Å². The van der Waals surface area contributed by atoms with Gasteiger partial charge in [-0.3, -0.25) is 4.79 Å². The third-order valence-corrected chi connectivity index (χ3v) is 5.52. The minimum Gasteiger partial charge on any atom is -0.490 e. The summed E-state index contributed by atoms with van der Waals surface area (Å²) in [5.41, 5.74) is 3.38. The third kappa shape index (κ3) is 5.16. The summed E-state index contributed by atoms with van der Waals surface area (Å²) in [6, 6.07) is 29.0. The van der Waals surface area contributed by atoms with E-state index >= 15 is 0 Å². The van der Waals surface area contributed by atoms with E-state index in [1.165, 1.54) is 0 Å². The van der Waals surface area contributed by atoms with E-state index in [4.69, 9.17) is 9.47 Å². The standard InChI is InChI=1S/C30H25NO3/c1-3-33-29-18-22(17-26(19-31)30(32)24-14-11-21(2)12-15-24)13-16-28(29)34-20-25-9-6-8-23-7-4-5-10-27(23)25/h4-18H,3,20H2,1-2H3. The van der Waals surface area contributed by atoms with Gasteiger partial charge in [0.2, 0.25) is 5.78 Å². The highest BCUT2D eigenvalue weighted by Gasteiger charge is 2.13. The van der Waals surface area contributed by atoms with Crippen LogP contribution in [-0.4, -0.2) is 12.4 Å². The van der Waals surface area contributed by atoms with Crippen LogP contribution < -0.4 is 9.47 Å². The summed E-state index contributed by atoms with van der Waals surface area (Å²) in [4.78, 5) is 12.8. The van der Waals surface area contributed by atoms with Gasteiger partial charge in [0.25, 0.3) is 0 Å². The molecule has 0 aliphatic heterocycles. The van der Waals surface area contributed by atoms with E-state index in [9.17, 15) is 10.1 Å². The first-order valence-electron chi connectivity index (χ1n) is 11.2. The maximum atomic E-state index is 12.8. The topological polar surface area (TPSA) is 59.3 Å². The zero-order valence-corrected chi connectivity index (χ0v) is 19.2. The molecule has 0 N–H and O–H groups in total. The highest BCUT2D eigenvalue weighted by Crippen LogP contribution is 2.31. The number of allylic oxidation sites excluding steroid dienone is 1. The van der Waals surface area contributed by atoms with Crippen molar-refractivity contribution in [3.8, 4) is 17.6 Å². The molecule has 0 aliphatic rings. The van der Waals surface area contributed by atoms with E-state index in [1.54, 1.807) is 24.3 Å². The van der Waals surface area contributed by atoms with E-state index in [0.717, 1.165) is 21.9 Å². The van der Waals surface area contributed by atoms with E-state index in [1.807, 2.05) is 62.4 Å². The van der Waals surface area contributed by atoms with Gasteiger partial charge in [0, 0.05) is 5.56 Å². The van der Waals surface area contributed by atoms with Crippen molar-refractivity contribution in [2.75, 3.05) is 6.61 Å². The molecule has 0 unspecified atom stereocenters. The van der Waals surface area contributed by atoms with Gasteiger partial charge in [0.05, 0.1) is 6.61 Å². The molecule has 4 heteroatoms. The van der Waals surface area contributed by atoms with Crippen molar-refractivity contribution in [1.29, 1.82) is 5.26 Å². The lowest BCUT2D eigenvalue weighted by Gasteiger charge is -2.14. The van der Waals surface area contributed by atoms with Crippen LogP contribution in [0, 0.1) is 18.3 Å². The molecule has 4 rings (SSSR count). The van der Waals surface area contributed by atoms with Crippen LogP contribution in [0.15, 0.2) is 90.5 Å². The van der Waals surface area contributed by atoms with E-state index in [-0.39, 0.29) is 11.4 Å². The van der Waals surface area contributed by atoms with E-state index in [2.05, 4.69) is 24.3 Å². The number of hydrogen-bond acceptors (Lipinski definition) is 4. The van der Waals surface area contributed by atoms with Crippen molar-refractivity contribution >= 4 is 22.6 Å². The highest BCUT2D eigenvalue weighted by atomic mass is 16.5. The minimum absolute atomic E-state index is 0.0655. The summed E-state index contributed by atoms with van der Waals surface area (Å²) in [6.45, 7) is 4.71. The van der Waals surface area contributed by atoms with Crippen LogP contribution in [0.1, 0.15) is 34.0 Å². The molecule has 168 valence electrons. The number of aryl methyl sites for hydroxylation is 1. The number of carbonyl (C=O) groups is 1. The molecular weight excluding hydrogens is 422 g/mol. The Labute approximate surface area is 199 Å². The average molecular weight is 448 g/mol. The maximum absolute atomic E-state index is 12.8. The maximum Gasteiger partial charge on any atom is 0.203 e. The van der Waals surface area contributed by atoms with Crippen LogP contribution in [0.3, 0.4) is 0 Å². The first-order valence-corrected chi connectivity index (χ1v) is 11.2. The number of ketones is 1. The molecule has 4 nitrogen and oxygen atoms in total. The van der Waals surface area contributed by atoms with Gasteiger partial charge in [0.1, 0.15) is 18.2 Å². The Hall–Kier alpha value is -4.36. The Bertz CT molecular complexity index is 1390. The van der Waals surface area contributed by atoms with Crippen LogP contribution in [-0.2, 0) is 6.61 Å². The van der Waals surface area contributed by atoms with E-state index < -0.39 is 0 Å². The monoisotopic (exact) mass is 447 g/mol. The lowest BCUT2D eigenvalue weighted by molar-refractivity contribution is 0.104. The molecule has 0 aliphatic carbocycles. The van der Waals surface area contributed by atoms with Gasteiger partial charge in [-0.05, 0) is 54.0 Å². The SMILES string of the molecule is CCOc1cc(C=C(C#N)C(=O)c2ccc(C)cc2)ccc1OCc1cccc2ccccc12.